The zero-order valence-electron chi connectivity index (χ0n) is 8.11. The van der Waals surface area contributed by atoms with Crippen LogP contribution in [-0.4, -0.2) is 24.0 Å². The van der Waals surface area contributed by atoms with Crippen LogP contribution in [-0.2, 0) is 16.0 Å². The highest BCUT2D eigenvalue weighted by Gasteiger charge is 2.13. The number of hydrogen-bond acceptors (Lipinski definition) is 4. The number of benzene rings is 1. The Hall–Kier alpha value is -1.36. The molecule has 0 amide bonds. The Balaban J connectivity index is 2.81. The largest absolute Gasteiger partial charge is 0.464 e. The quantitative estimate of drug-likeness (QED) is 0.396. The predicted molar refractivity (Wildman–Crippen MR) is 59.1 cm³/mol. The third-order valence-corrected chi connectivity index (χ3v) is 2.30. The van der Waals surface area contributed by atoms with Crippen molar-refractivity contribution in [1.29, 1.82) is 0 Å². The smallest absolute Gasteiger partial charge is 0.356 e. The Labute approximate surface area is 95.7 Å². The molecule has 0 spiro atoms. The van der Waals surface area contributed by atoms with E-state index in [-0.39, 0.29) is 12.1 Å². The third kappa shape index (κ3) is 3.36. The van der Waals surface area contributed by atoms with Crippen LogP contribution < -0.4 is 0 Å². The number of rotatable bonds is 3. The summed E-state index contributed by atoms with van der Waals surface area (Å²) in [5.41, 5.74) is 0.846. The summed E-state index contributed by atoms with van der Waals surface area (Å²) in [5.74, 6) is -0.627. The van der Waals surface area contributed by atoms with Crippen molar-refractivity contribution in [3.63, 3.8) is 0 Å². The van der Waals surface area contributed by atoms with Gasteiger partial charge in [0.1, 0.15) is 0 Å². The fraction of sp³-hybridized carbons (Fsp3) is 0.200. The Morgan fingerprint density at radius 3 is 2.87 bits per heavy atom. The van der Waals surface area contributed by atoms with Crippen molar-refractivity contribution in [3.05, 3.63) is 34.3 Å². The molecule has 0 saturated carbocycles. The summed E-state index contributed by atoms with van der Waals surface area (Å²) in [6, 6.07) is 7.39. The van der Waals surface area contributed by atoms with Gasteiger partial charge in [0, 0.05) is 10.9 Å². The molecule has 0 aromatic heterocycles. The zero-order valence-corrected chi connectivity index (χ0v) is 9.69. The van der Waals surface area contributed by atoms with Gasteiger partial charge in [0.05, 0.1) is 7.11 Å². The van der Waals surface area contributed by atoms with E-state index in [4.69, 9.17) is 5.21 Å². The van der Waals surface area contributed by atoms with Crippen LogP contribution in [0.5, 0.6) is 0 Å². The summed E-state index contributed by atoms with van der Waals surface area (Å²) in [7, 11) is 1.24. The van der Waals surface area contributed by atoms with Crippen molar-refractivity contribution in [3.8, 4) is 0 Å². The predicted octanol–water partition coefficient (Wildman–Crippen LogP) is 1.99. The second-order valence-corrected chi connectivity index (χ2v) is 3.76. The van der Waals surface area contributed by atoms with Crippen LogP contribution in [0.3, 0.4) is 0 Å². The maximum Gasteiger partial charge on any atom is 0.356 e. The molecule has 0 aliphatic rings. The molecule has 0 radical (unpaired) electrons. The molecule has 0 aliphatic heterocycles. The normalized spacial score (nSPS) is 11.2. The number of nitrogens with zero attached hydrogens (tertiary/aromatic N) is 1. The van der Waals surface area contributed by atoms with Gasteiger partial charge in [-0.2, -0.15) is 0 Å². The van der Waals surface area contributed by atoms with Crippen molar-refractivity contribution >= 4 is 27.6 Å². The maximum atomic E-state index is 11.1. The Bertz CT molecular complexity index is 390. The van der Waals surface area contributed by atoms with Crippen molar-refractivity contribution in [2.75, 3.05) is 7.11 Å². The molecule has 0 bridgehead atoms. The van der Waals surface area contributed by atoms with Gasteiger partial charge in [-0.1, -0.05) is 33.2 Å². The van der Waals surface area contributed by atoms with Gasteiger partial charge in [0.2, 0.25) is 0 Å². The number of oxime groups is 1. The van der Waals surface area contributed by atoms with E-state index in [0.29, 0.717) is 0 Å². The van der Waals surface area contributed by atoms with E-state index in [1.807, 2.05) is 24.3 Å². The molecule has 1 N–H and O–H groups in total. The van der Waals surface area contributed by atoms with Gasteiger partial charge in [0.25, 0.3) is 0 Å². The van der Waals surface area contributed by atoms with Crippen LogP contribution in [0.15, 0.2) is 33.9 Å². The second kappa shape index (κ2) is 5.50. The molecule has 1 rings (SSSR count). The van der Waals surface area contributed by atoms with E-state index in [0.717, 1.165) is 10.0 Å². The van der Waals surface area contributed by atoms with E-state index in [1.165, 1.54) is 7.11 Å². The van der Waals surface area contributed by atoms with Gasteiger partial charge in [-0.15, -0.1) is 0 Å². The summed E-state index contributed by atoms with van der Waals surface area (Å²) in [6.07, 6.45) is 0.239. The average Bonchev–Trinajstić information content (AvgIpc) is 2.25. The minimum atomic E-state index is -0.627. The first kappa shape index (κ1) is 11.7. The molecule has 0 heterocycles. The highest BCUT2D eigenvalue weighted by atomic mass is 79.9. The summed E-state index contributed by atoms with van der Waals surface area (Å²) in [5, 5.41) is 11.5. The number of carbonyl (C=O) groups is 1. The lowest BCUT2D eigenvalue weighted by Gasteiger charge is -2.02. The minimum absolute atomic E-state index is 0.0180. The molecule has 5 heteroatoms. The van der Waals surface area contributed by atoms with Crippen LogP contribution in [0, 0.1) is 0 Å². The Morgan fingerprint density at radius 1 is 1.60 bits per heavy atom. The van der Waals surface area contributed by atoms with E-state index >= 15 is 0 Å². The molecule has 15 heavy (non-hydrogen) atoms. The average molecular weight is 272 g/mol. The molecule has 80 valence electrons. The van der Waals surface area contributed by atoms with Crippen molar-refractivity contribution < 1.29 is 14.7 Å². The summed E-state index contributed by atoms with van der Waals surface area (Å²) < 4.78 is 5.37. The lowest BCUT2D eigenvalue weighted by atomic mass is 10.1. The van der Waals surface area contributed by atoms with Crippen LogP contribution in [0.2, 0.25) is 0 Å². The number of methoxy groups -OCH3 is 1. The Morgan fingerprint density at radius 2 is 2.33 bits per heavy atom. The molecule has 0 aliphatic carbocycles. The molecule has 0 fully saturated rings. The van der Waals surface area contributed by atoms with E-state index in [2.05, 4.69) is 25.8 Å². The van der Waals surface area contributed by atoms with Crippen LogP contribution >= 0.6 is 15.9 Å². The fourth-order valence-corrected chi connectivity index (χ4v) is 1.55. The molecule has 4 nitrogen and oxygen atoms in total. The van der Waals surface area contributed by atoms with Crippen LogP contribution in [0.4, 0.5) is 0 Å². The lowest BCUT2D eigenvalue weighted by molar-refractivity contribution is -0.132. The van der Waals surface area contributed by atoms with E-state index in [1.54, 1.807) is 0 Å². The number of halogens is 1. The highest BCUT2D eigenvalue weighted by Crippen LogP contribution is 2.12. The number of esters is 1. The maximum absolute atomic E-state index is 11.1. The topological polar surface area (TPSA) is 58.9 Å². The van der Waals surface area contributed by atoms with Crippen molar-refractivity contribution in [1.82, 2.24) is 0 Å². The monoisotopic (exact) mass is 271 g/mol. The first-order chi connectivity index (χ1) is 7.17. The molecule has 0 atom stereocenters. The molecule has 1 aromatic rings. The summed E-state index contributed by atoms with van der Waals surface area (Å²) >= 11 is 3.31. The zero-order chi connectivity index (χ0) is 11.3. The standard InChI is InChI=1S/C10H10BrNO3/c1-15-10(13)9(12-14)6-7-3-2-4-8(11)5-7/h2-5,14H,6H2,1H3/b12-9+. The molecule has 1 aromatic carbocycles. The summed E-state index contributed by atoms with van der Waals surface area (Å²) in [6.45, 7) is 0. The van der Waals surface area contributed by atoms with Crippen molar-refractivity contribution in [2.24, 2.45) is 5.16 Å². The number of hydrogen-bond donors (Lipinski definition) is 1. The van der Waals surface area contributed by atoms with Gasteiger partial charge in [0.15, 0.2) is 5.71 Å². The lowest BCUT2D eigenvalue weighted by Crippen LogP contribution is -2.18. The minimum Gasteiger partial charge on any atom is -0.464 e. The van der Waals surface area contributed by atoms with Crippen LogP contribution in [0.1, 0.15) is 5.56 Å². The number of carbonyl (C=O) groups excluding carboxylic acids is 1. The van der Waals surface area contributed by atoms with E-state index in [9.17, 15) is 4.79 Å². The van der Waals surface area contributed by atoms with Crippen LogP contribution in [0.25, 0.3) is 0 Å². The molecular formula is C10H10BrNO3. The van der Waals surface area contributed by atoms with Gasteiger partial charge in [-0.05, 0) is 17.7 Å². The fourth-order valence-electron chi connectivity index (χ4n) is 1.11. The van der Waals surface area contributed by atoms with Gasteiger partial charge >= 0.3 is 5.97 Å². The Kier molecular flexibility index (Phi) is 4.30. The molecular weight excluding hydrogens is 262 g/mol. The van der Waals surface area contributed by atoms with Gasteiger partial charge in [-0.3, -0.25) is 0 Å². The second-order valence-electron chi connectivity index (χ2n) is 2.84. The van der Waals surface area contributed by atoms with E-state index < -0.39 is 5.97 Å². The summed E-state index contributed by atoms with van der Waals surface area (Å²) in [4.78, 5) is 11.1. The molecule has 0 saturated heterocycles. The first-order valence-electron chi connectivity index (χ1n) is 4.21. The highest BCUT2D eigenvalue weighted by molar-refractivity contribution is 9.10. The first-order valence-corrected chi connectivity index (χ1v) is 5.00. The van der Waals surface area contributed by atoms with Crippen molar-refractivity contribution in [2.45, 2.75) is 6.42 Å². The third-order valence-electron chi connectivity index (χ3n) is 1.80. The molecule has 0 unspecified atom stereocenters. The van der Waals surface area contributed by atoms with Gasteiger partial charge in [-0.25, -0.2) is 4.79 Å². The number of ether oxygens (including phenoxy) is 1. The SMILES string of the molecule is COC(=O)/C(Cc1cccc(Br)c1)=N/O. The van der Waals surface area contributed by atoms with Gasteiger partial charge < -0.3 is 9.94 Å².